The van der Waals surface area contributed by atoms with Crippen LogP contribution in [-0.4, -0.2) is 35.7 Å². The Morgan fingerprint density at radius 2 is 1.48 bits per heavy atom. The number of rotatable bonds is 8. The van der Waals surface area contributed by atoms with E-state index in [-0.39, 0.29) is 34.5 Å². The second-order valence-electron chi connectivity index (χ2n) is 9.15. The number of hydrogen-bond acceptors (Lipinski definition) is 6. The maximum atomic E-state index is 13.4. The van der Waals surface area contributed by atoms with Gasteiger partial charge in [-0.05, 0) is 55.0 Å². The van der Waals surface area contributed by atoms with Gasteiger partial charge < -0.3 is 15.4 Å². The smallest absolute Gasteiger partial charge is 0.255 e. The van der Waals surface area contributed by atoms with Crippen LogP contribution >= 0.6 is 11.8 Å². The van der Waals surface area contributed by atoms with Crippen molar-refractivity contribution in [1.82, 2.24) is 0 Å². The molecule has 0 aliphatic heterocycles. The predicted octanol–water partition coefficient (Wildman–Crippen LogP) is 6.23. The number of ketones is 2. The van der Waals surface area contributed by atoms with Crippen LogP contribution < -0.4 is 15.4 Å². The van der Waals surface area contributed by atoms with Crippen molar-refractivity contribution in [2.24, 2.45) is 0 Å². The highest BCUT2D eigenvalue weighted by Crippen LogP contribution is 2.33. The molecule has 7 nitrogen and oxygen atoms in total. The molecular formula is C32H26N2O5S. The van der Waals surface area contributed by atoms with E-state index in [1.165, 1.54) is 11.8 Å². The Bertz CT molecular complexity index is 1630. The minimum absolute atomic E-state index is 0.211. The van der Waals surface area contributed by atoms with Crippen molar-refractivity contribution >= 4 is 46.5 Å². The van der Waals surface area contributed by atoms with Gasteiger partial charge in [-0.2, -0.15) is 0 Å². The largest absolute Gasteiger partial charge is 0.497 e. The van der Waals surface area contributed by atoms with Crippen molar-refractivity contribution in [3.8, 4) is 5.75 Å². The normalized spacial score (nSPS) is 12.7. The number of benzene rings is 4. The van der Waals surface area contributed by atoms with Crippen LogP contribution in [0.25, 0.3) is 0 Å². The first-order valence-electron chi connectivity index (χ1n) is 12.7. The standard InChI is InChI=1S/C32H26N2O5S/c1-3-27(40-22-9-6-8-20(18-22)33-31(37)19-14-16-21(39-2)17-15-19)32(38)34-26-13-7-12-25-28(26)30(36)24-11-5-4-10-23(24)29(25)35/h4-18,27H,3H2,1-2H3,(H,33,37)(H,34,38). The van der Waals surface area contributed by atoms with Gasteiger partial charge in [0.15, 0.2) is 11.6 Å². The maximum Gasteiger partial charge on any atom is 0.255 e. The van der Waals surface area contributed by atoms with E-state index in [1.807, 2.05) is 25.1 Å². The lowest BCUT2D eigenvalue weighted by Crippen LogP contribution is -2.28. The van der Waals surface area contributed by atoms with E-state index in [2.05, 4.69) is 10.6 Å². The Morgan fingerprint density at radius 1 is 0.800 bits per heavy atom. The van der Waals surface area contributed by atoms with Gasteiger partial charge in [-0.25, -0.2) is 0 Å². The van der Waals surface area contributed by atoms with Crippen LogP contribution in [0.1, 0.15) is 55.5 Å². The van der Waals surface area contributed by atoms with Gasteiger partial charge >= 0.3 is 0 Å². The highest BCUT2D eigenvalue weighted by atomic mass is 32.2. The van der Waals surface area contributed by atoms with Gasteiger partial charge in [-0.1, -0.05) is 49.4 Å². The quantitative estimate of drug-likeness (QED) is 0.222. The Labute approximate surface area is 235 Å². The molecule has 0 heterocycles. The highest BCUT2D eigenvalue weighted by Gasteiger charge is 2.32. The van der Waals surface area contributed by atoms with Gasteiger partial charge in [0.25, 0.3) is 5.91 Å². The molecule has 0 fully saturated rings. The third-order valence-corrected chi connectivity index (χ3v) is 7.95. The number of carbonyl (C=O) groups excluding carboxylic acids is 4. The van der Waals surface area contributed by atoms with Crippen LogP contribution in [-0.2, 0) is 4.79 Å². The summed E-state index contributed by atoms with van der Waals surface area (Å²) in [7, 11) is 1.56. The van der Waals surface area contributed by atoms with Gasteiger partial charge in [-0.3, -0.25) is 19.2 Å². The molecule has 2 amide bonds. The number of thioether (sulfide) groups is 1. The average molecular weight is 551 g/mol. The minimum atomic E-state index is -0.481. The van der Waals surface area contributed by atoms with Crippen molar-refractivity contribution in [3.05, 3.63) is 119 Å². The van der Waals surface area contributed by atoms with Crippen LogP contribution in [0.15, 0.2) is 95.9 Å². The molecule has 4 aromatic carbocycles. The number of nitrogens with one attached hydrogen (secondary N) is 2. The topological polar surface area (TPSA) is 102 Å². The first-order chi connectivity index (χ1) is 19.4. The first kappa shape index (κ1) is 26.9. The van der Waals surface area contributed by atoms with Crippen molar-refractivity contribution in [2.75, 3.05) is 17.7 Å². The van der Waals surface area contributed by atoms with Gasteiger partial charge in [0.05, 0.1) is 23.6 Å². The number of ether oxygens (including phenoxy) is 1. The lowest BCUT2D eigenvalue weighted by molar-refractivity contribution is -0.115. The van der Waals surface area contributed by atoms with E-state index < -0.39 is 5.25 Å². The molecule has 0 bridgehead atoms. The molecule has 1 atom stereocenters. The first-order valence-corrected chi connectivity index (χ1v) is 13.6. The van der Waals surface area contributed by atoms with Crippen LogP contribution in [0.4, 0.5) is 11.4 Å². The van der Waals surface area contributed by atoms with E-state index in [9.17, 15) is 19.2 Å². The highest BCUT2D eigenvalue weighted by molar-refractivity contribution is 8.00. The number of methoxy groups -OCH3 is 1. The SMILES string of the molecule is CCC(Sc1cccc(NC(=O)c2ccc(OC)cc2)c1)C(=O)Nc1cccc2c1C(=O)c1ccccc1C2=O. The lowest BCUT2D eigenvalue weighted by atomic mass is 9.83. The zero-order valence-electron chi connectivity index (χ0n) is 21.9. The van der Waals surface area contributed by atoms with Gasteiger partial charge in [-0.15, -0.1) is 11.8 Å². The number of hydrogen-bond donors (Lipinski definition) is 2. The molecule has 1 unspecified atom stereocenters. The number of carbonyl (C=O) groups is 4. The zero-order valence-corrected chi connectivity index (χ0v) is 22.7. The molecule has 4 aromatic rings. The van der Waals surface area contributed by atoms with Crippen LogP contribution in [0.2, 0.25) is 0 Å². The van der Waals surface area contributed by atoms with Crippen LogP contribution in [0.5, 0.6) is 5.75 Å². The summed E-state index contributed by atoms with van der Waals surface area (Å²) in [4.78, 5) is 53.2. The summed E-state index contributed by atoms with van der Waals surface area (Å²) >= 11 is 1.35. The average Bonchev–Trinajstić information content (AvgIpc) is 2.98. The molecule has 5 rings (SSSR count). The van der Waals surface area contributed by atoms with E-state index in [4.69, 9.17) is 4.74 Å². The molecule has 0 saturated carbocycles. The molecule has 0 aromatic heterocycles. The Morgan fingerprint density at radius 3 is 2.17 bits per heavy atom. The molecule has 0 radical (unpaired) electrons. The Hall–Kier alpha value is -4.69. The number of amides is 2. The summed E-state index contributed by atoms with van der Waals surface area (Å²) in [6.45, 7) is 1.90. The number of anilines is 2. The molecule has 1 aliphatic carbocycles. The van der Waals surface area contributed by atoms with Crippen molar-refractivity contribution < 1.29 is 23.9 Å². The van der Waals surface area contributed by atoms with Crippen molar-refractivity contribution in [2.45, 2.75) is 23.5 Å². The summed E-state index contributed by atoms with van der Waals surface area (Å²) in [5, 5.41) is 5.29. The molecule has 0 saturated heterocycles. The monoisotopic (exact) mass is 550 g/mol. The molecule has 1 aliphatic rings. The number of fused-ring (bicyclic) bond motifs is 2. The minimum Gasteiger partial charge on any atom is -0.497 e. The third kappa shape index (κ3) is 5.39. The Kier molecular flexibility index (Phi) is 7.79. The van der Waals surface area contributed by atoms with Gasteiger partial charge in [0.2, 0.25) is 5.91 Å². The summed E-state index contributed by atoms with van der Waals surface area (Å²) < 4.78 is 5.14. The van der Waals surface area contributed by atoms with E-state index >= 15 is 0 Å². The fraction of sp³-hybridized carbons (Fsp3) is 0.125. The van der Waals surface area contributed by atoms with Crippen molar-refractivity contribution in [3.63, 3.8) is 0 Å². The van der Waals surface area contributed by atoms with E-state index in [0.717, 1.165) is 4.90 Å². The second-order valence-corrected chi connectivity index (χ2v) is 10.4. The van der Waals surface area contributed by atoms with Crippen LogP contribution in [0.3, 0.4) is 0 Å². The fourth-order valence-corrected chi connectivity index (χ4v) is 5.56. The third-order valence-electron chi connectivity index (χ3n) is 6.60. The molecule has 0 spiro atoms. The summed E-state index contributed by atoms with van der Waals surface area (Å²) in [6, 6.07) is 25.7. The van der Waals surface area contributed by atoms with Gasteiger partial charge in [0, 0.05) is 32.8 Å². The molecule has 200 valence electrons. The Balaban J connectivity index is 1.31. The molecular weight excluding hydrogens is 524 g/mol. The van der Waals surface area contributed by atoms with Crippen LogP contribution in [0, 0.1) is 0 Å². The predicted molar refractivity (Wildman–Crippen MR) is 156 cm³/mol. The summed E-state index contributed by atoms with van der Waals surface area (Å²) in [5.74, 6) is -0.411. The van der Waals surface area contributed by atoms with E-state index in [1.54, 1.807) is 79.9 Å². The maximum absolute atomic E-state index is 13.4. The molecule has 2 N–H and O–H groups in total. The fourth-order valence-electron chi connectivity index (χ4n) is 4.54. The van der Waals surface area contributed by atoms with E-state index in [0.29, 0.717) is 40.2 Å². The second kappa shape index (κ2) is 11.6. The lowest BCUT2D eigenvalue weighted by Gasteiger charge is -2.21. The molecule has 40 heavy (non-hydrogen) atoms. The van der Waals surface area contributed by atoms with Gasteiger partial charge in [0.1, 0.15) is 5.75 Å². The summed E-state index contributed by atoms with van der Waals surface area (Å²) in [5.41, 5.74) is 2.59. The van der Waals surface area contributed by atoms with Crippen molar-refractivity contribution in [1.29, 1.82) is 0 Å². The molecule has 8 heteroatoms. The zero-order chi connectivity index (χ0) is 28.2. The summed E-state index contributed by atoms with van der Waals surface area (Å²) in [6.07, 6.45) is 0.518.